The molecule has 1 heteroatoms. The molecule has 0 aromatic rings. The molecule has 0 heterocycles. The van der Waals surface area contributed by atoms with E-state index in [0.717, 1.165) is 19.4 Å². The van der Waals surface area contributed by atoms with Crippen molar-refractivity contribution in [3.05, 3.63) is 24.8 Å². The highest BCUT2D eigenvalue weighted by atomic mass is 14.9. The molecular formula is C19H37N. The minimum absolute atomic E-state index is 0.160. The van der Waals surface area contributed by atoms with Gasteiger partial charge in [-0.2, -0.15) is 0 Å². The van der Waals surface area contributed by atoms with E-state index >= 15 is 0 Å². The lowest BCUT2D eigenvalue weighted by Crippen LogP contribution is -2.38. The minimum Gasteiger partial charge on any atom is -0.313 e. The van der Waals surface area contributed by atoms with E-state index in [1.807, 2.05) is 6.08 Å². The zero-order valence-corrected chi connectivity index (χ0v) is 14.8. The molecule has 1 N–H and O–H groups in total. The zero-order valence-electron chi connectivity index (χ0n) is 14.8. The van der Waals surface area contributed by atoms with Crippen LogP contribution in [-0.4, -0.2) is 12.6 Å². The first-order chi connectivity index (χ1) is 9.12. The van der Waals surface area contributed by atoms with Crippen molar-refractivity contribution in [1.82, 2.24) is 5.32 Å². The van der Waals surface area contributed by atoms with Crippen molar-refractivity contribution < 1.29 is 0 Å². The summed E-state index contributed by atoms with van der Waals surface area (Å²) in [6, 6.07) is 0.611. The maximum Gasteiger partial charge on any atom is 0.00702 e. The lowest BCUT2D eigenvalue weighted by molar-refractivity contribution is 0.312. The smallest absolute Gasteiger partial charge is 0.00702 e. The Hall–Kier alpha value is -0.560. The first-order valence-electron chi connectivity index (χ1n) is 8.15. The molecule has 0 aliphatic carbocycles. The standard InChI is InChI=1S/C19H37N/c1-9-11-13-17(12-10-2)20-15-19(7,8)16(3)14-18(4,5)6/h9,17,20H,1,3,10-15H2,2,4-8H3. The molecule has 1 nitrogen and oxygen atoms in total. The van der Waals surface area contributed by atoms with Crippen LogP contribution in [0.2, 0.25) is 0 Å². The lowest BCUT2D eigenvalue weighted by atomic mass is 9.76. The number of hydrogen-bond acceptors (Lipinski definition) is 1. The Kier molecular flexibility index (Phi) is 8.42. The Morgan fingerprint density at radius 3 is 2.20 bits per heavy atom. The Labute approximate surface area is 127 Å². The van der Waals surface area contributed by atoms with Crippen LogP contribution in [0, 0.1) is 10.8 Å². The van der Waals surface area contributed by atoms with Gasteiger partial charge in [-0.25, -0.2) is 0 Å². The first-order valence-corrected chi connectivity index (χ1v) is 8.15. The lowest BCUT2D eigenvalue weighted by Gasteiger charge is -2.33. The molecular weight excluding hydrogens is 242 g/mol. The van der Waals surface area contributed by atoms with Gasteiger partial charge >= 0.3 is 0 Å². The molecule has 0 aliphatic rings. The summed E-state index contributed by atoms with van der Waals surface area (Å²) in [5.41, 5.74) is 1.84. The van der Waals surface area contributed by atoms with Crippen LogP contribution in [-0.2, 0) is 0 Å². The third-order valence-electron chi connectivity index (χ3n) is 3.89. The topological polar surface area (TPSA) is 12.0 Å². The highest BCUT2D eigenvalue weighted by Crippen LogP contribution is 2.34. The fraction of sp³-hybridized carbons (Fsp3) is 0.789. The van der Waals surface area contributed by atoms with Gasteiger partial charge in [0.05, 0.1) is 0 Å². The predicted molar refractivity (Wildman–Crippen MR) is 93.1 cm³/mol. The fourth-order valence-corrected chi connectivity index (χ4v) is 2.42. The Balaban J connectivity index is 4.42. The van der Waals surface area contributed by atoms with Crippen molar-refractivity contribution in [2.24, 2.45) is 10.8 Å². The van der Waals surface area contributed by atoms with Crippen molar-refractivity contribution in [1.29, 1.82) is 0 Å². The average Bonchev–Trinajstić information content (AvgIpc) is 2.30. The zero-order chi connectivity index (χ0) is 15.8. The van der Waals surface area contributed by atoms with E-state index in [4.69, 9.17) is 0 Å². The van der Waals surface area contributed by atoms with E-state index in [9.17, 15) is 0 Å². The highest BCUT2D eigenvalue weighted by molar-refractivity contribution is 5.10. The second-order valence-electron chi connectivity index (χ2n) is 7.96. The van der Waals surface area contributed by atoms with Gasteiger partial charge < -0.3 is 5.32 Å². The van der Waals surface area contributed by atoms with Crippen molar-refractivity contribution >= 4 is 0 Å². The summed E-state index contributed by atoms with van der Waals surface area (Å²) in [6.45, 7) is 22.9. The Morgan fingerprint density at radius 1 is 1.15 bits per heavy atom. The predicted octanol–water partition coefficient (Wildman–Crippen LogP) is 5.73. The number of rotatable bonds is 10. The largest absolute Gasteiger partial charge is 0.313 e. The van der Waals surface area contributed by atoms with Crippen LogP contribution in [0.1, 0.15) is 73.6 Å². The van der Waals surface area contributed by atoms with Gasteiger partial charge in [0, 0.05) is 12.6 Å². The number of hydrogen-bond donors (Lipinski definition) is 1. The number of nitrogens with one attached hydrogen (secondary N) is 1. The van der Waals surface area contributed by atoms with Gasteiger partial charge in [0.15, 0.2) is 0 Å². The molecule has 0 fully saturated rings. The minimum atomic E-state index is 0.160. The molecule has 0 aromatic carbocycles. The molecule has 0 amide bonds. The summed E-state index contributed by atoms with van der Waals surface area (Å²) in [6.07, 6.45) is 7.88. The maximum absolute atomic E-state index is 4.34. The molecule has 0 spiro atoms. The molecule has 0 rings (SSSR count). The molecule has 0 radical (unpaired) electrons. The molecule has 118 valence electrons. The quantitative estimate of drug-likeness (QED) is 0.504. The summed E-state index contributed by atoms with van der Waals surface area (Å²) in [5, 5.41) is 3.75. The van der Waals surface area contributed by atoms with Gasteiger partial charge in [-0.05, 0) is 36.5 Å². The highest BCUT2D eigenvalue weighted by Gasteiger charge is 2.26. The summed E-state index contributed by atoms with van der Waals surface area (Å²) in [7, 11) is 0. The molecule has 0 saturated heterocycles. The fourth-order valence-electron chi connectivity index (χ4n) is 2.42. The van der Waals surface area contributed by atoms with Gasteiger partial charge in [-0.15, -0.1) is 6.58 Å². The summed E-state index contributed by atoms with van der Waals surface area (Å²) in [5.74, 6) is 0. The molecule has 0 aliphatic heterocycles. The molecule has 1 atom stereocenters. The van der Waals surface area contributed by atoms with Gasteiger partial charge in [0.25, 0.3) is 0 Å². The van der Waals surface area contributed by atoms with Crippen LogP contribution < -0.4 is 5.32 Å². The Morgan fingerprint density at radius 2 is 1.75 bits per heavy atom. The van der Waals surface area contributed by atoms with E-state index in [1.54, 1.807) is 0 Å². The van der Waals surface area contributed by atoms with Crippen LogP contribution >= 0.6 is 0 Å². The molecule has 0 bridgehead atoms. The molecule has 20 heavy (non-hydrogen) atoms. The summed E-state index contributed by atoms with van der Waals surface area (Å²) < 4.78 is 0. The molecule has 1 unspecified atom stereocenters. The van der Waals surface area contributed by atoms with E-state index in [-0.39, 0.29) is 5.41 Å². The van der Waals surface area contributed by atoms with E-state index in [1.165, 1.54) is 24.8 Å². The van der Waals surface area contributed by atoms with Gasteiger partial charge in [0.2, 0.25) is 0 Å². The van der Waals surface area contributed by atoms with E-state index in [0.29, 0.717) is 11.5 Å². The van der Waals surface area contributed by atoms with Crippen molar-refractivity contribution in [3.63, 3.8) is 0 Å². The monoisotopic (exact) mass is 279 g/mol. The summed E-state index contributed by atoms with van der Waals surface area (Å²) >= 11 is 0. The van der Waals surface area contributed by atoms with Crippen LogP contribution in [0.25, 0.3) is 0 Å². The number of allylic oxidation sites excluding steroid dienone is 1. The summed E-state index contributed by atoms with van der Waals surface area (Å²) in [4.78, 5) is 0. The van der Waals surface area contributed by atoms with Crippen molar-refractivity contribution in [3.8, 4) is 0 Å². The van der Waals surface area contributed by atoms with Crippen LogP contribution in [0.4, 0.5) is 0 Å². The van der Waals surface area contributed by atoms with E-state index in [2.05, 4.69) is 60.0 Å². The second-order valence-corrected chi connectivity index (χ2v) is 7.96. The molecule has 0 aromatic heterocycles. The van der Waals surface area contributed by atoms with E-state index < -0.39 is 0 Å². The Bertz CT molecular complexity index is 293. The van der Waals surface area contributed by atoms with Gasteiger partial charge in [-0.1, -0.05) is 66.2 Å². The maximum atomic E-state index is 4.34. The van der Waals surface area contributed by atoms with Gasteiger partial charge in [-0.3, -0.25) is 0 Å². The van der Waals surface area contributed by atoms with Crippen molar-refractivity contribution in [2.75, 3.05) is 6.54 Å². The first kappa shape index (κ1) is 19.4. The van der Waals surface area contributed by atoms with Crippen molar-refractivity contribution in [2.45, 2.75) is 79.7 Å². The van der Waals surface area contributed by atoms with Crippen LogP contribution in [0.5, 0.6) is 0 Å². The normalized spacial score (nSPS) is 14.1. The van der Waals surface area contributed by atoms with Gasteiger partial charge in [0.1, 0.15) is 0 Å². The third kappa shape index (κ3) is 8.58. The third-order valence-corrected chi connectivity index (χ3v) is 3.89. The second kappa shape index (κ2) is 8.67. The average molecular weight is 280 g/mol. The van der Waals surface area contributed by atoms with Crippen LogP contribution in [0.3, 0.4) is 0 Å². The molecule has 0 saturated carbocycles. The van der Waals surface area contributed by atoms with Crippen LogP contribution in [0.15, 0.2) is 24.8 Å². The SMILES string of the molecule is C=CCCC(CCC)NCC(C)(C)C(=C)CC(C)(C)C.